The van der Waals surface area contributed by atoms with E-state index >= 15 is 0 Å². The van der Waals surface area contributed by atoms with Gasteiger partial charge in [0.15, 0.2) is 9.84 Å². The fraction of sp³-hybridized carbons (Fsp3) is 0.444. The molecule has 1 aromatic heterocycles. The molecule has 1 saturated heterocycles. The van der Waals surface area contributed by atoms with Crippen LogP contribution in [-0.4, -0.2) is 66.9 Å². The Hall–Kier alpha value is -3.40. The predicted molar refractivity (Wildman–Crippen MR) is 144 cm³/mol. The lowest BCUT2D eigenvalue weighted by Crippen LogP contribution is -2.53. The molecule has 0 saturated carbocycles. The summed E-state index contributed by atoms with van der Waals surface area (Å²) in [6.07, 6.45) is -0.287. The van der Waals surface area contributed by atoms with Crippen LogP contribution in [0.3, 0.4) is 0 Å². The number of ether oxygens (including phenoxy) is 1. The summed E-state index contributed by atoms with van der Waals surface area (Å²) >= 11 is 0. The van der Waals surface area contributed by atoms with Gasteiger partial charge in [-0.25, -0.2) is 18.2 Å². The van der Waals surface area contributed by atoms with Gasteiger partial charge in [-0.15, -0.1) is 0 Å². The Labute approximate surface area is 217 Å². The second kappa shape index (κ2) is 9.48. The lowest BCUT2D eigenvalue weighted by molar-refractivity contribution is 0.000838. The second-order valence-electron chi connectivity index (χ2n) is 10.9. The number of carbonyl (C=O) groups is 1. The summed E-state index contributed by atoms with van der Waals surface area (Å²) in [5.41, 5.74) is 2.13. The highest BCUT2D eigenvalue weighted by Crippen LogP contribution is 2.29. The third-order valence-electron chi connectivity index (χ3n) is 6.59. The molecule has 1 fully saturated rings. The van der Waals surface area contributed by atoms with E-state index in [-0.39, 0.29) is 17.8 Å². The first-order valence-corrected chi connectivity index (χ1v) is 14.2. The second-order valence-corrected chi connectivity index (χ2v) is 13.0. The molecule has 10 heteroatoms. The van der Waals surface area contributed by atoms with E-state index in [9.17, 15) is 13.2 Å². The fourth-order valence-electron chi connectivity index (χ4n) is 4.66. The molecule has 0 unspecified atom stereocenters. The number of rotatable bonds is 4. The molecule has 0 radical (unpaired) electrons. The minimum atomic E-state index is -3.37. The van der Waals surface area contributed by atoms with Crippen LogP contribution in [-0.2, 0) is 21.1 Å². The van der Waals surface area contributed by atoms with Gasteiger partial charge >= 0.3 is 6.09 Å². The van der Waals surface area contributed by atoms with E-state index in [4.69, 9.17) is 14.7 Å². The third kappa shape index (κ3) is 5.49. The zero-order valence-corrected chi connectivity index (χ0v) is 22.5. The Morgan fingerprint density at radius 2 is 1.89 bits per heavy atom. The maximum Gasteiger partial charge on any atom is 0.410 e. The van der Waals surface area contributed by atoms with Crippen LogP contribution in [0.15, 0.2) is 47.4 Å². The zero-order valence-electron chi connectivity index (χ0n) is 21.7. The van der Waals surface area contributed by atoms with Gasteiger partial charge < -0.3 is 19.9 Å². The average molecular weight is 524 g/mol. The highest BCUT2D eigenvalue weighted by molar-refractivity contribution is 7.91. The number of fused-ring (bicyclic) bond motifs is 2. The van der Waals surface area contributed by atoms with Crippen molar-refractivity contribution in [3.8, 4) is 0 Å². The molecule has 37 heavy (non-hydrogen) atoms. The SMILES string of the molecule is Cc1ccc2nc(N3CCS(=O)(=O)c4ccccc4C3)nc(NCC3CN(C(=O)OC(C)(C)C)C3)c2c1. The molecule has 0 aliphatic carbocycles. The van der Waals surface area contributed by atoms with E-state index in [1.54, 1.807) is 17.0 Å². The van der Waals surface area contributed by atoms with Crippen LogP contribution in [0, 0.1) is 12.8 Å². The van der Waals surface area contributed by atoms with Crippen molar-refractivity contribution < 1.29 is 17.9 Å². The lowest BCUT2D eigenvalue weighted by Gasteiger charge is -2.39. The Morgan fingerprint density at radius 1 is 1.14 bits per heavy atom. The zero-order chi connectivity index (χ0) is 26.4. The Balaban J connectivity index is 1.37. The van der Waals surface area contributed by atoms with Crippen molar-refractivity contribution in [1.29, 1.82) is 0 Å². The summed E-state index contributed by atoms with van der Waals surface area (Å²) < 4.78 is 31.1. The van der Waals surface area contributed by atoms with Crippen LogP contribution in [0.1, 0.15) is 31.9 Å². The number of nitrogens with one attached hydrogen (secondary N) is 1. The number of likely N-dealkylation sites (tertiary alicyclic amines) is 1. The van der Waals surface area contributed by atoms with Gasteiger partial charge in [-0.1, -0.05) is 29.8 Å². The van der Waals surface area contributed by atoms with E-state index in [2.05, 4.69) is 11.4 Å². The monoisotopic (exact) mass is 523 g/mol. The van der Waals surface area contributed by atoms with E-state index in [1.807, 2.05) is 56.9 Å². The molecule has 0 bridgehead atoms. The Morgan fingerprint density at radius 3 is 2.65 bits per heavy atom. The number of anilines is 2. The number of sulfone groups is 1. The summed E-state index contributed by atoms with van der Waals surface area (Å²) in [6.45, 7) is 10.2. The summed E-state index contributed by atoms with van der Waals surface area (Å²) in [6, 6.07) is 13.2. The number of amides is 1. The number of carbonyl (C=O) groups excluding carboxylic acids is 1. The van der Waals surface area contributed by atoms with E-state index in [0.29, 0.717) is 49.4 Å². The predicted octanol–water partition coefficient (Wildman–Crippen LogP) is 4.01. The van der Waals surface area contributed by atoms with Crippen molar-refractivity contribution in [2.45, 2.75) is 44.7 Å². The van der Waals surface area contributed by atoms with Gasteiger partial charge in [0, 0.05) is 44.0 Å². The van der Waals surface area contributed by atoms with E-state index in [0.717, 1.165) is 22.0 Å². The number of hydrogen-bond donors (Lipinski definition) is 1. The van der Waals surface area contributed by atoms with Gasteiger partial charge in [-0.2, -0.15) is 4.98 Å². The molecule has 0 atom stereocenters. The van der Waals surface area contributed by atoms with Gasteiger partial charge in [0.05, 0.1) is 16.2 Å². The molecule has 9 nitrogen and oxygen atoms in total. The molecule has 0 spiro atoms. The van der Waals surface area contributed by atoms with Gasteiger partial charge in [0.2, 0.25) is 5.95 Å². The first-order chi connectivity index (χ1) is 17.5. The van der Waals surface area contributed by atoms with Gasteiger partial charge in [-0.05, 0) is 51.5 Å². The van der Waals surface area contributed by atoms with Crippen LogP contribution in [0.5, 0.6) is 0 Å². The maximum atomic E-state index is 12.8. The summed E-state index contributed by atoms with van der Waals surface area (Å²) in [4.78, 5) is 26.0. The largest absolute Gasteiger partial charge is 0.444 e. The molecular formula is C27H33N5O4S. The first kappa shape index (κ1) is 25.3. The topological polar surface area (TPSA) is 105 Å². The molecule has 5 rings (SSSR count). The molecule has 196 valence electrons. The van der Waals surface area contributed by atoms with Crippen molar-refractivity contribution in [3.05, 3.63) is 53.6 Å². The number of aryl methyl sites for hydroxylation is 1. The summed E-state index contributed by atoms with van der Waals surface area (Å²) in [5.74, 6) is 1.49. The van der Waals surface area contributed by atoms with Gasteiger partial charge in [0.1, 0.15) is 11.4 Å². The normalized spacial score (nSPS) is 17.6. The standard InChI is InChI=1S/C27H33N5O4S/c1-18-9-10-22-21(13-18)24(28-14-19-15-32(16-19)26(33)36-27(2,3)4)30-25(29-22)31-11-12-37(34,35)23-8-6-5-7-20(23)17-31/h5-10,13,19H,11-12,14-17H2,1-4H3,(H,28,29,30). The molecule has 2 aliphatic rings. The highest BCUT2D eigenvalue weighted by atomic mass is 32.2. The minimum absolute atomic E-state index is 0.00461. The number of benzene rings is 2. The smallest absolute Gasteiger partial charge is 0.410 e. The van der Waals surface area contributed by atoms with Gasteiger partial charge in [-0.3, -0.25) is 0 Å². The van der Waals surface area contributed by atoms with E-state index in [1.165, 1.54) is 0 Å². The maximum absolute atomic E-state index is 12.8. The van der Waals surface area contributed by atoms with Crippen molar-refractivity contribution >= 4 is 38.6 Å². The molecule has 2 aromatic carbocycles. The highest BCUT2D eigenvalue weighted by Gasteiger charge is 2.34. The van der Waals surface area contributed by atoms with E-state index < -0.39 is 15.4 Å². The van der Waals surface area contributed by atoms with Crippen LogP contribution in [0.4, 0.5) is 16.6 Å². The van der Waals surface area contributed by atoms with Crippen molar-refractivity contribution in [3.63, 3.8) is 0 Å². The quantitative estimate of drug-likeness (QED) is 0.547. The van der Waals surface area contributed by atoms with Crippen molar-refractivity contribution in [2.24, 2.45) is 5.92 Å². The number of nitrogens with zero attached hydrogens (tertiary/aromatic N) is 4. The first-order valence-electron chi connectivity index (χ1n) is 12.5. The molecule has 3 aromatic rings. The Bertz CT molecular complexity index is 1440. The number of hydrogen-bond acceptors (Lipinski definition) is 8. The van der Waals surface area contributed by atoms with Crippen LogP contribution in [0.25, 0.3) is 10.9 Å². The van der Waals surface area contributed by atoms with Crippen molar-refractivity contribution in [1.82, 2.24) is 14.9 Å². The molecule has 3 heterocycles. The molecular weight excluding hydrogens is 490 g/mol. The van der Waals surface area contributed by atoms with Crippen molar-refractivity contribution in [2.75, 3.05) is 42.1 Å². The molecule has 1 N–H and O–H groups in total. The third-order valence-corrected chi connectivity index (χ3v) is 8.38. The number of aromatic nitrogens is 2. The van der Waals surface area contributed by atoms with Crippen LogP contribution in [0.2, 0.25) is 0 Å². The summed E-state index contributed by atoms with van der Waals surface area (Å²) in [7, 11) is -3.37. The molecule has 1 amide bonds. The minimum Gasteiger partial charge on any atom is -0.444 e. The van der Waals surface area contributed by atoms with Crippen LogP contribution >= 0.6 is 0 Å². The Kier molecular flexibility index (Phi) is 6.47. The summed E-state index contributed by atoms with van der Waals surface area (Å²) in [5, 5.41) is 4.39. The lowest BCUT2D eigenvalue weighted by atomic mass is 10.0. The van der Waals surface area contributed by atoms with Crippen LogP contribution < -0.4 is 10.2 Å². The van der Waals surface area contributed by atoms with Gasteiger partial charge in [0.25, 0.3) is 0 Å². The molecule has 2 aliphatic heterocycles. The fourth-order valence-corrected chi connectivity index (χ4v) is 6.15. The average Bonchev–Trinajstić information content (AvgIpc) is 2.93.